The highest BCUT2D eigenvalue weighted by Crippen LogP contribution is 2.78. The van der Waals surface area contributed by atoms with Crippen LogP contribution < -0.4 is 0 Å². The van der Waals surface area contributed by atoms with E-state index in [1.807, 2.05) is 0 Å². The van der Waals surface area contributed by atoms with Crippen LogP contribution >= 0.6 is 0 Å². The minimum Gasteiger partial charge on any atom is -0.298 e. The number of allylic oxidation sites excluding steroid dienone is 1. The van der Waals surface area contributed by atoms with Crippen LogP contribution in [0.1, 0.15) is 33.6 Å². The molecule has 4 saturated carbocycles. The first-order valence-corrected chi connectivity index (χ1v) is 5.62. The van der Waals surface area contributed by atoms with Crippen LogP contribution in [-0.2, 0) is 4.79 Å². The van der Waals surface area contributed by atoms with Crippen LogP contribution in [0.3, 0.4) is 0 Å². The van der Waals surface area contributed by atoms with Gasteiger partial charge in [-0.2, -0.15) is 0 Å². The number of Topliss-reactive ketones (excluding diaryl/α,β-unsaturated/α-hetero) is 1. The topological polar surface area (TPSA) is 17.1 Å². The molecule has 4 bridgehead atoms. The van der Waals surface area contributed by atoms with Crippen molar-refractivity contribution in [1.82, 2.24) is 0 Å². The summed E-state index contributed by atoms with van der Waals surface area (Å²) in [7, 11) is 0. The van der Waals surface area contributed by atoms with E-state index in [-0.39, 0.29) is 10.8 Å². The third-order valence-corrected chi connectivity index (χ3v) is 5.42. The van der Waals surface area contributed by atoms with E-state index in [9.17, 15) is 4.79 Å². The zero-order chi connectivity index (χ0) is 10.3. The van der Waals surface area contributed by atoms with E-state index >= 15 is 0 Å². The summed E-state index contributed by atoms with van der Waals surface area (Å²) < 4.78 is 0. The third kappa shape index (κ3) is 0.627. The van der Waals surface area contributed by atoms with E-state index in [1.165, 1.54) is 12.0 Å². The van der Waals surface area contributed by atoms with Gasteiger partial charge in [0.25, 0.3) is 0 Å². The molecule has 4 unspecified atom stereocenters. The second-order valence-electron chi connectivity index (χ2n) is 6.08. The molecule has 0 aromatic rings. The Kier molecular flexibility index (Phi) is 1.24. The minimum atomic E-state index is -0.0556. The van der Waals surface area contributed by atoms with Gasteiger partial charge in [-0.1, -0.05) is 26.0 Å². The molecular formula is C13H18O. The molecule has 5 atom stereocenters. The molecular weight excluding hydrogens is 172 g/mol. The first kappa shape index (κ1) is 8.70. The largest absolute Gasteiger partial charge is 0.298 e. The number of fused-ring (bicyclic) bond motifs is 1. The smallest absolute Gasteiger partial charge is 0.145 e. The molecule has 0 heterocycles. The van der Waals surface area contributed by atoms with Crippen LogP contribution in [-0.4, -0.2) is 5.78 Å². The lowest BCUT2D eigenvalue weighted by Gasteiger charge is -2.42. The Hall–Kier alpha value is -0.590. The summed E-state index contributed by atoms with van der Waals surface area (Å²) in [6.07, 6.45) is 2.35. The third-order valence-electron chi connectivity index (χ3n) is 5.42. The summed E-state index contributed by atoms with van der Waals surface area (Å²) in [6.45, 7) is 10.5. The lowest BCUT2D eigenvalue weighted by atomic mass is 9.60. The van der Waals surface area contributed by atoms with Crippen LogP contribution in [0.15, 0.2) is 12.2 Å². The van der Waals surface area contributed by atoms with Gasteiger partial charge in [0.05, 0.1) is 0 Å². The van der Waals surface area contributed by atoms with Crippen molar-refractivity contribution in [2.24, 2.45) is 28.6 Å². The van der Waals surface area contributed by atoms with E-state index < -0.39 is 0 Å². The maximum Gasteiger partial charge on any atom is 0.145 e. The number of hydrogen-bond acceptors (Lipinski definition) is 1. The fourth-order valence-corrected chi connectivity index (χ4v) is 4.52. The number of rotatable bonds is 1. The lowest BCUT2D eigenvalue weighted by molar-refractivity contribution is -0.136. The van der Waals surface area contributed by atoms with E-state index in [2.05, 4.69) is 27.4 Å². The fourth-order valence-electron chi connectivity index (χ4n) is 4.52. The molecule has 0 amide bonds. The van der Waals surface area contributed by atoms with Crippen molar-refractivity contribution in [2.75, 3.05) is 0 Å². The molecule has 0 aromatic carbocycles. The Morgan fingerprint density at radius 3 is 2.50 bits per heavy atom. The van der Waals surface area contributed by atoms with Crippen molar-refractivity contribution in [3.05, 3.63) is 12.2 Å². The molecule has 14 heavy (non-hydrogen) atoms. The average Bonchev–Trinajstić information content (AvgIpc) is 2.63. The Morgan fingerprint density at radius 2 is 2.07 bits per heavy atom. The van der Waals surface area contributed by atoms with Crippen molar-refractivity contribution in [3.8, 4) is 0 Å². The predicted octanol–water partition coefficient (Wildman–Crippen LogP) is 2.81. The molecule has 76 valence electrons. The highest BCUT2D eigenvalue weighted by molar-refractivity contribution is 5.97. The van der Waals surface area contributed by atoms with E-state index in [1.54, 1.807) is 0 Å². The molecule has 4 fully saturated rings. The van der Waals surface area contributed by atoms with Gasteiger partial charge in [-0.25, -0.2) is 0 Å². The first-order valence-electron chi connectivity index (χ1n) is 5.62. The van der Waals surface area contributed by atoms with Crippen molar-refractivity contribution < 1.29 is 4.79 Å². The summed E-state index contributed by atoms with van der Waals surface area (Å²) in [5, 5.41) is 0. The quantitative estimate of drug-likeness (QED) is 0.581. The number of ketones is 1. The molecule has 4 rings (SSSR count). The van der Waals surface area contributed by atoms with Gasteiger partial charge in [0.15, 0.2) is 0 Å². The molecule has 1 heteroatoms. The molecule has 0 aromatic heterocycles. The monoisotopic (exact) mass is 190 g/mol. The minimum absolute atomic E-state index is 0.0556. The second-order valence-corrected chi connectivity index (χ2v) is 6.08. The van der Waals surface area contributed by atoms with Gasteiger partial charge in [-0.05, 0) is 37.5 Å². The summed E-state index contributed by atoms with van der Waals surface area (Å²) in [4.78, 5) is 12.3. The molecule has 1 nitrogen and oxygen atoms in total. The van der Waals surface area contributed by atoms with Gasteiger partial charge in [0, 0.05) is 10.8 Å². The van der Waals surface area contributed by atoms with Crippen molar-refractivity contribution in [1.29, 1.82) is 0 Å². The molecule has 0 saturated heterocycles. The molecule has 0 radical (unpaired) electrons. The van der Waals surface area contributed by atoms with Gasteiger partial charge in [0.1, 0.15) is 5.78 Å². The maximum atomic E-state index is 12.3. The van der Waals surface area contributed by atoms with Crippen LogP contribution in [0.4, 0.5) is 0 Å². The summed E-state index contributed by atoms with van der Waals surface area (Å²) in [5.74, 6) is 2.42. The highest BCUT2D eigenvalue weighted by Gasteiger charge is 2.79. The van der Waals surface area contributed by atoms with Crippen LogP contribution in [0.5, 0.6) is 0 Å². The Bertz CT molecular complexity index is 356. The van der Waals surface area contributed by atoms with Crippen molar-refractivity contribution in [2.45, 2.75) is 33.6 Å². The standard InChI is InChI=1S/C13H18O/c1-7(2)8-5-9-10-6-12(8,3)11(14)13(9,10)4/h8-10H,1,5-6H2,2-4H3/t8-,9?,10?,12?,13?/m0/s1. The molecule has 4 aliphatic rings. The number of hydrogen-bond donors (Lipinski definition) is 0. The van der Waals surface area contributed by atoms with Gasteiger partial charge in [0.2, 0.25) is 0 Å². The van der Waals surface area contributed by atoms with E-state index in [0.717, 1.165) is 12.3 Å². The highest BCUT2D eigenvalue weighted by atomic mass is 16.1. The van der Waals surface area contributed by atoms with E-state index in [4.69, 9.17) is 0 Å². The van der Waals surface area contributed by atoms with Crippen LogP contribution in [0.25, 0.3) is 0 Å². The van der Waals surface area contributed by atoms with Gasteiger partial charge in [-0.3, -0.25) is 4.79 Å². The van der Waals surface area contributed by atoms with Gasteiger partial charge in [-0.15, -0.1) is 0 Å². The SMILES string of the molecule is C=C(C)[C@@H]1CC2C3CC1(C)C(=O)C23C. The Labute approximate surface area is 85.6 Å². The average molecular weight is 190 g/mol. The maximum absolute atomic E-state index is 12.3. The first-order chi connectivity index (χ1) is 6.42. The molecule has 0 N–H and O–H groups in total. The van der Waals surface area contributed by atoms with E-state index in [0.29, 0.717) is 17.6 Å². The summed E-state index contributed by atoms with van der Waals surface area (Å²) in [5.41, 5.74) is 1.24. The summed E-state index contributed by atoms with van der Waals surface area (Å²) in [6, 6.07) is 0. The Balaban J connectivity index is 2.06. The van der Waals surface area contributed by atoms with Gasteiger partial charge >= 0.3 is 0 Å². The number of carbonyl (C=O) groups is 1. The van der Waals surface area contributed by atoms with Crippen molar-refractivity contribution >= 4 is 5.78 Å². The second kappa shape index (κ2) is 2.00. The zero-order valence-electron chi connectivity index (χ0n) is 9.26. The predicted molar refractivity (Wildman–Crippen MR) is 55.7 cm³/mol. The number of carbonyl (C=O) groups excluding carboxylic acids is 1. The van der Waals surface area contributed by atoms with Crippen molar-refractivity contribution in [3.63, 3.8) is 0 Å². The zero-order valence-corrected chi connectivity index (χ0v) is 9.26. The molecule has 0 spiro atoms. The summed E-state index contributed by atoms with van der Waals surface area (Å²) >= 11 is 0. The molecule has 4 aliphatic carbocycles. The fraction of sp³-hybridized carbons (Fsp3) is 0.769. The van der Waals surface area contributed by atoms with Gasteiger partial charge < -0.3 is 0 Å². The molecule has 0 aliphatic heterocycles. The van der Waals surface area contributed by atoms with Crippen LogP contribution in [0, 0.1) is 28.6 Å². The van der Waals surface area contributed by atoms with Crippen LogP contribution in [0.2, 0.25) is 0 Å². The Morgan fingerprint density at radius 1 is 1.43 bits per heavy atom. The normalized spacial score (nSPS) is 58.8. The lowest BCUT2D eigenvalue weighted by Crippen LogP contribution is -2.43.